The van der Waals surface area contributed by atoms with E-state index >= 15 is 0 Å². The van der Waals surface area contributed by atoms with Crippen LogP contribution < -0.4 is 15.4 Å². The summed E-state index contributed by atoms with van der Waals surface area (Å²) in [4.78, 5) is 11.8. The highest BCUT2D eigenvalue weighted by Crippen LogP contribution is 2.24. The van der Waals surface area contributed by atoms with Crippen LogP contribution in [0.1, 0.15) is 0 Å². The van der Waals surface area contributed by atoms with Gasteiger partial charge in [0.25, 0.3) is 0 Å². The van der Waals surface area contributed by atoms with Gasteiger partial charge < -0.3 is 15.4 Å². The van der Waals surface area contributed by atoms with Crippen molar-refractivity contribution in [1.29, 1.82) is 0 Å². The van der Waals surface area contributed by atoms with E-state index in [0.717, 1.165) is 3.57 Å². The van der Waals surface area contributed by atoms with Gasteiger partial charge in [0, 0.05) is 21.0 Å². The summed E-state index contributed by atoms with van der Waals surface area (Å²) in [5.41, 5.74) is 1.00. The SMILES string of the molecule is O=C(CNc1cccc(OC(F)(F)F)c1)Nc1cccc(I)c1. The normalized spacial score (nSPS) is 11.0. The third kappa shape index (κ3) is 6.35. The van der Waals surface area contributed by atoms with Crippen LogP contribution in [0, 0.1) is 3.57 Å². The number of anilines is 2. The van der Waals surface area contributed by atoms with Crippen molar-refractivity contribution in [2.45, 2.75) is 6.36 Å². The molecule has 0 atom stereocenters. The molecule has 0 aliphatic rings. The number of carbonyl (C=O) groups excluding carboxylic acids is 1. The average Bonchev–Trinajstić information content (AvgIpc) is 2.44. The number of nitrogens with one attached hydrogen (secondary N) is 2. The number of amides is 1. The summed E-state index contributed by atoms with van der Waals surface area (Å²) in [6.45, 7) is -0.0824. The van der Waals surface area contributed by atoms with E-state index in [2.05, 4.69) is 38.0 Å². The van der Waals surface area contributed by atoms with E-state index in [1.807, 2.05) is 12.1 Å². The highest BCUT2D eigenvalue weighted by atomic mass is 127. The minimum atomic E-state index is -4.75. The molecule has 0 saturated heterocycles. The van der Waals surface area contributed by atoms with Crippen molar-refractivity contribution in [3.05, 3.63) is 52.1 Å². The lowest BCUT2D eigenvalue weighted by Gasteiger charge is -2.11. The fourth-order valence-electron chi connectivity index (χ4n) is 1.76. The number of rotatable bonds is 5. The minimum absolute atomic E-state index is 0.0824. The third-order valence-corrected chi connectivity index (χ3v) is 3.30. The number of hydrogen-bond acceptors (Lipinski definition) is 3. The molecule has 122 valence electrons. The van der Waals surface area contributed by atoms with Crippen LogP contribution in [0.4, 0.5) is 24.5 Å². The summed E-state index contributed by atoms with van der Waals surface area (Å²) in [6.07, 6.45) is -4.75. The number of hydrogen-bond donors (Lipinski definition) is 2. The molecule has 0 radical (unpaired) electrons. The number of carbonyl (C=O) groups is 1. The van der Waals surface area contributed by atoms with Crippen molar-refractivity contribution in [3.63, 3.8) is 0 Å². The van der Waals surface area contributed by atoms with E-state index < -0.39 is 6.36 Å². The lowest BCUT2D eigenvalue weighted by molar-refractivity contribution is -0.274. The predicted molar refractivity (Wildman–Crippen MR) is 89.4 cm³/mol. The molecule has 23 heavy (non-hydrogen) atoms. The smallest absolute Gasteiger partial charge is 0.406 e. The number of halogens is 4. The lowest BCUT2D eigenvalue weighted by Crippen LogP contribution is -2.22. The Morgan fingerprint density at radius 3 is 2.48 bits per heavy atom. The van der Waals surface area contributed by atoms with Gasteiger partial charge in [0.05, 0.1) is 6.54 Å². The Morgan fingerprint density at radius 2 is 1.78 bits per heavy atom. The fourth-order valence-corrected chi connectivity index (χ4v) is 2.30. The zero-order valence-corrected chi connectivity index (χ0v) is 13.8. The van der Waals surface area contributed by atoms with Crippen molar-refractivity contribution < 1.29 is 22.7 Å². The van der Waals surface area contributed by atoms with Crippen molar-refractivity contribution in [3.8, 4) is 5.75 Å². The molecule has 2 rings (SSSR count). The maximum atomic E-state index is 12.2. The van der Waals surface area contributed by atoms with Gasteiger partial charge in [-0.1, -0.05) is 12.1 Å². The molecule has 0 fully saturated rings. The Balaban J connectivity index is 1.90. The lowest BCUT2D eigenvalue weighted by atomic mass is 10.3. The molecule has 2 N–H and O–H groups in total. The van der Waals surface area contributed by atoms with Crippen molar-refractivity contribution in [1.82, 2.24) is 0 Å². The topological polar surface area (TPSA) is 50.4 Å². The molecular weight excluding hydrogens is 424 g/mol. The van der Waals surface area contributed by atoms with Gasteiger partial charge in [-0.05, 0) is 52.9 Å². The molecule has 0 aliphatic carbocycles. The number of ether oxygens (including phenoxy) is 1. The fraction of sp³-hybridized carbons (Fsp3) is 0.133. The Morgan fingerprint density at radius 1 is 1.09 bits per heavy atom. The second-order valence-electron chi connectivity index (χ2n) is 4.49. The molecule has 0 unspecified atom stereocenters. The number of alkyl halides is 3. The van der Waals surface area contributed by atoms with Gasteiger partial charge in [-0.3, -0.25) is 4.79 Å². The van der Waals surface area contributed by atoms with Crippen LogP contribution in [-0.4, -0.2) is 18.8 Å². The van der Waals surface area contributed by atoms with Gasteiger partial charge in [0.2, 0.25) is 5.91 Å². The van der Waals surface area contributed by atoms with E-state index in [1.54, 1.807) is 18.2 Å². The average molecular weight is 436 g/mol. The number of benzene rings is 2. The highest BCUT2D eigenvalue weighted by molar-refractivity contribution is 14.1. The second-order valence-corrected chi connectivity index (χ2v) is 5.73. The molecule has 1 amide bonds. The Labute approximate surface area is 144 Å². The maximum absolute atomic E-state index is 12.2. The summed E-state index contributed by atoms with van der Waals surface area (Å²) in [6, 6.07) is 12.6. The van der Waals surface area contributed by atoms with E-state index in [9.17, 15) is 18.0 Å². The van der Waals surface area contributed by atoms with Gasteiger partial charge in [0.1, 0.15) is 5.75 Å². The first-order valence-electron chi connectivity index (χ1n) is 6.47. The van der Waals surface area contributed by atoms with E-state index in [-0.39, 0.29) is 18.2 Å². The van der Waals surface area contributed by atoms with Crippen LogP contribution in [0.15, 0.2) is 48.5 Å². The van der Waals surface area contributed by atoms with Gasteiger partial charge >= 0.3 is 6.36 Å². The molecule has 2 aromatic carbocycles. The Kier molecular flexibility index (Phi) is 5.69. The third-order valence-electron chi connectivity index (χ3n) is 2.63. The molecule has 0 saturated carbocycles. The molecule has 4 nitrogen and oxygen atoms in total. The molecule has 0 heterocycles. The van der Waals surface area contributed by atoms with Crippen LogP contribution in [0.2, 0.25) is 0 Å². The highest BCUT2D eigenvalue weighted by Gasteiger charge is 2.31. The summed E-state index contributed by atoms with van der Waals surface area (Å²) < 4.78 is 41.3. The molecule has 8 heteroatoms. The van der Waals surface area contributed by atoms with Crippen molar-refractivity contribution in [2.24, 2.45) is 0 Å². The summed E-state index contributed by atoms with van der Waals surface area (Å²) in [5, 5.41) is 5.43. The summed E-state index contributed by atoms with van der Waals surface area (Å²) >= 11 is 2.12. The minimum Gasteiger partial charge on any atom is -0.406 e. The van der Waals surface area contributed by atoms with Crippen molar-refractivity contribution >= 4 is 39.9 Å². The first-order chi connectivity index (χ1) is 10.8. The zero-order valence-electron chi connectivity index (χ0n) is 11.7. The van der Waals surface area contributed by atoms with Gasteiger partial charge in [0.15, 0.2) is 0 Å². The van der Waals surface area contributed by atoms with Crippen LogP contribution in [0.3, 0.4) is 0 Å². The van der Waals surface area contributed by atoms with Crippen LogP contribution in [-0.2, 0) is 4.79 Å². The first-order valence-corrected chi connectivity index (χ1v) is 7.55. The molecule has 0 spiro atoms. The van der Waals surface area contributed by atoms with Crippen molar-refractivity contribution in [2.75, 3.05) is 17.2 Å². The summed E-state index contributed by atoms with van der Waals surface area (Å²) in [5.74, 6) is -0.658. The van der Waals surface area contributed by atoms with E-state index in [0.29, 0.717) is 11.4 Å². The maximum Gasteiger partial charge on any atom is 0.573 e. The molecule has 2 aromatic rings. The quantitative estimate of drug-likeness (QED) is 0.690. The summed E-state index contributed by atoms with van der Waals surface area (Å²) in [7, 11) is 0. The van der Waals surface area contributed by atoms with Crippen LogP contribution >= 0.6 is 22.6 Å². The first kappa shape index (κ1) is 17.4. The van der Waals surface area contributed by atoms with Gasteiger partial charge in [-0.2, -0.15) is 0 Å². The van der Waals surface area contributed by atoms with E-state index in [4.69, 9.17) is 0 Å². The Bertz CT molecular complexity index is 692. The van der Waals surface area contributed by atoms with E-state index in [1.165, 1.54) is 18.2 Å². The largest absolute Gasteiger partial charge is 0.573 e. The standard InChI is InChI=1S/C15H12F3IN2O2/c16-15(17,18)23-13-6-2-4-11(8-13)20-9-14(22)21-12-5-1-3-10(19)7-12/h1-8,20H,9H2,(H,21,22). The predicted octanol–water partition coefficient (Wildman–Crippen LogP) is 4.24. The van der Waals surface area contributed by atoms with Crippen LogP contribution in [0.25, 0.3) is 0 Å². The molecule has 0 aliphatic heterocycles. The molecule has 0 aromatic heterocycles. The molecule has 0 bridgehead atoms. The Hall–Kier alpha value is -1.97. The van der Waals surface area contributed by atoms with Gasteiger partial charge in [-0.15, -0.1) is 13.2 Å². The second kappa shape index (κ2) is 7.53. The molecular formula is C15H12F3IN2O2. The van der Waals surface area contributed by atoms with Gasteiger partial charge in [-0.25, -0.2) is 0 Å². The zero-order chi connectivity index (χ0) is 16.9. The van der Waals surface area contributed by atoms with Crippen LogP contribution in [0.5, 0.6) is 5.75 Å². The monoisotopic (exact) mass is 436 g/mol.